The van der Waals surface area contributed by atoms with Gasteiger partial charge in [-0.05, 0) is 56.4 Å². The van der Waals surface area contributed by atoms with E-state index in [1.54, 1.807) is 18.5 Å². The number of sulfonamides is 1. The van der Waals surface area contributed by atoms with E-state index in [0.717, 1.165) is 22.2 Å². The maximum atomic E-state index is 13.1. The number of hydrogen-bond acceptors (Lipinski definition) is 8. The summed E-state index contributed by atoms with van der Waals surface area (Å²) in [7, 11) is -3.68. The Morgan fingerprint density at radius 2 is 1.92 bits per heavy atom. The van der Waals surface area contributed by atoms with Crippen LogP contribution in [0.5, 0.6) is 0 Å². The Balaban J connectivity index is 1.29. The molecule has 1 atom stereocenters. The number of rotatable bonds is 12. The van der Waals surface area contributed by atoms with Crippen molar-refractivity contribution in [1.82, 2.24) is 24.3 Å². The minimum atomic E-state index is -3.68. The quantitative estimate of drug-likeness (QED) is 0.217. The maximum absolute atomic E-state index is 13.1. The van der Waals surface area contributed by atoms with Crippen LogP contribution in [0.3, 0.4) is 0 Å². The van der Waals surface area contributed by atoms with Gasteiger partial charge in [-0.2, -0.15) is 0 Å². The van der Waals surface area contributed by atoms with E-state index >= 15 is 0 Å². The second-order valence-corrected chi connectivity index (χ2v) is 11.3. The number of aromatic nitrogens is 3. The summed E-state index contributed by atoms with van der Waals surface area (Å²) >= 11 is 0. The molecular weight excluding hydrogens is 494 g/mol. The van der Waals surface area contributed by atoms with E-state index in [1.165, 1.54) is 4.31 Å². The number of aryl methyl sites for hydroxylation is 2. The lowest BCUT2D eigenvalue weighted by atomic mass is 10.1. The number of hydrogen-bond donors (Lipinski definition) is 1. The van der Waals surface area contributed by atoms with Crippen LogP contribution in [0.4, 0.5) is 0 Å². The van der Waals surface area contributed by atoms with E-state index in [1.807, 2.05) is 37.3 Å². The number of nitrogens with zero attached hydrogens (tertiary/aromatic N) is 5. The van der Waals surface area contributed by atoms with Gasteiger partial charge in [0.15, 0.2) is 0 Å². The van der Waals surface area contributed by atoms with Crippen molar-refractivity contribution in [1.29, 1.82) is 0 Å². The van der Waals surface area contributed by atoms with Crippen molar-refractivity contribution >= 4 is 27.3 Å². The Morgan fingerprint density at radius 3 is 2.65 bits per heavy atom. The average Bonchev–Trinajstić information content (AvgIpc) is 2.91. The molecule has 2 aromatic heterocycles. The van der Waals surface area contributed by atoms with E-state index in [0.29, 0.717) is 62.7 Å². The van der Waals surface area contributed by atoms with Gasteiger partial charge in [-0.1, -0.05) is 18.2 Å². The molecule has 1 aromatic carbocycles. The van der Waals surface area contributed by atoms with Gasteiger partial charge in [0, 0.05) is 43.0 Å². The number of fused-ring (bicyclic) bond motifs is 1. The molecule has 3 heterocycles. The molecule has 11 heteroatoms. The van der Waals surface area contributed by atoms with Crippen molar-refractivity contribution < 1.29 is 23.2 Å². The lowest BCUT2D eigenvalue weighted by Gasteiger charge is -2.33. The van der Waals surface area contributed by atoms with Crippen molar-refractivity contribution in [2.24, 2.45) is 0 Å². The lowest BCUT2D eigenvalue weighted by molar-refractivity contribution is -0.158. The van der Waals surface area contributed by atoms with Crippen molar-refractivity contribution in [2.75, 3.05) is 18.8 Å². The van der Waals surface area contributed by atoms with E-state index in [2.05, 4.69) is 15.0 Å². The molecule has 1 amide bonds. The number of ether oxygens (including phenoxy) is 1. The first-order valence-corrected chi connectivity index (χ1v) is 14.1. The molecule has 198 valence electrons. The number of para-hydroxylation sites is 1. The highest BCUT2D eigenvalue weighted by molar-refractivity contribution is 7.89. The van der Waals surface area contributed by atoms with Crippen LogP contribution in [0.15, 0.2) is 48.8 Å². The summed E-state index contributed by atoms with van der Waals surface area (Å²) < 4.78 is 33.8. The van der Waals surface area contributed by atoms with Crippen LogP contribution in [-0.4, -0.2) is 75.3 Å². The number of hydroxylamine groups is 2. The van der Waals surface area contributed by atoms with E-state index < -0.39 is 16.1 Å². The summed E-state index contributed by atoms with van der Waals surface area (Å²) in [4.78, 5) is 24.1. The minimum Gasteiger partial charge on any atom is -0.373 e. The van der Waals surface area contributed by atoms with Gasteiger partial charge in [0.2, 0.25) is 16.4 Å². The molecule has 0 radical (unpaired) electrons. The summed E-state index contributed by atoms with van der Waals surface area (Å²) in [5, 5.41) is 11.5. The Morgan fingerprint density at radius 1 is 1.19 bits per heavy atom. The van der Waals surface area contributed by atoms with Crippen LogP contribution in [0.1, 0.15) is 42.8 Å². The van der Waals surface area contributed by atoms with Crippen LogP contribution in [0, 0.1) is 6.92 Å². The van der Waals surface area contributed by atoms with Crippen LogP contribution in [0.2, 0.25) is 0 Å². The van der Waals surface area contributed by atoms with Crippen molar-refractivity contribution in [3.05, 3.63) is 65.9 Å². The molecule has 1 saturated heterocycles. The van der Waals surface area contributed by atoms with Gasteiger partial charge >= 0.3 is 0 Å². The standard InChI is InChI=1S/C26H33N5O5S/c1-20-16-21(24-7-2-3-8-25(24)29-20)17-36-23-10-14-30(15-11-23)37(34,35)18-22(31(33)19-32)6-4-9-26-27-12-5-13-28-26/h2-3,5,7-8,12-13,16,19,22-23,33H,4,6,9-11,14-15,17-18H2,1H3/t22-/m1/s1. The highest BCUT2D eigenvalue weighted by atomic mass is 32.2. The number of amides is 1. The molecule has 0 spiro atoms. The maximum Gasteiger partial charge on any atom is 0.233 e. The fourth-order valence-electron chi connectivity index (χ4n) is 4.68. The van der Waals surface area contributed by atoms with Crippen LogP contribution >= 0.6 is 0 Å². The predicted octanol–water partition coefficient (Wildman–Crippen LogP) is 2.88. The summed E-state index contributed by atoms with van der Waals surface area (Å²) in [6.07, 6.45) is 6.01. The first-order chi connectivity index (χ1) is 17.9. The minimum absolute atomic E-state index is 0.0512. The van der Waals surface area contributed by atoms with Gasteiger partial charge in [-0.15, -0.1) is 0 Å². The molecule has 1 N–H and O–H groups in total. The zero-order chi connectivity index (χ0) is 26.3. The van der Waals surface area contributed by atoms with Crippen LogP contribution in [0.25, 0.3) is 10.9 Å². The van der Waals surface area contributed by atoms with Crippen molar-refractivity contribution in [3.63, 3.8) is 0 Å². The monoisotopic (exact) mass is 527 g/mol. The van der Waals surface area contributed by atoms with Gasteiger partial charge in [-0.25, -0.2) is 27.8 Å². The summed E-state index contributed by atoms with van der Waals surface area (Å²) in [6, 6.07) is 10.9. The second-order valence-electron chi connectivity index (χ2n) is 9.32. The molecule has 1 aliphatic rings. The summed E-state index contributed by atoms with van der Waals surface area (Å²) in [5.41, 5.74) is 2.93. The second kappa shape index (κ2) is 12.5. The van der Waals surface area contributed by atoms with Gasteiger partial charge in [0.05, 0.1) is 30.0 Å². The van der Waals surface area contributed by atoms with Crippen molar-refractivity contribution in [2.45, 2.75) is 57.8 Å². The number of piperidine rings is 1. The Labute approximate surface area is 217 Å². The number of carbonyl (C=O) groups is 1. The third-order valence-electron chi connectivity index (χ3n) is 6.64. The molecule has 0 unspecified atom stereocenters. The highest BCUT2D eigenvalue weighted by Crippen LogP contribution is 2.23. The topological polar surface area (TPSA) is 126 Å². The molecule has 10 nitrogen and oxygen atoms in total. The molecule has 1 aliphatic heterocycles. The number of benzene rings is 1. The van der Waals surface area contributed by atoms with E-state index in [9.17, 15) is 18.4 Å². The molecule has 3 aromatic rings. The Kier molecular flexibility index (Phi) is 9.14. The van der Waals surface area contributed by atoms with Gasteiger partial charge in [-0.3, -0.25) is 15.0 Å². The predicted molar refractivity (Wildman–Crippen MR) is 138 cm³/mol. The largest absolute Gasteiger partial charge is 0.373 e. The lowest BCUT2D eigenvalue weighted by Crippen LogP contribution is -2.46. The van der Waals surface area contributed by atoms with Crippen LogP contribution < -0.4 is 0 Å². The molecule has 0 aliphatic carbocycles. The normalized spacial score (nSPS) is 16.1. The van der Waals surface area contributed by atoms with Gasteiger partial charge in [0.25, 0.3) is 0 Å². The average molecular weight is 528 g/mol. The van der Waals surface area contributed by atoms with Crippen molar-refractivity contribution in [3.8, 4) is 0 Å². The summed E-state index contributed by atoms with van der Waals surface area (Å²) in [5.74, 6) is 0.294. The number of pyridine rings is 1. The fourth-order valence-corrected chi connectivity index (χ4v) is 6.46. The molecule has 4 rings (SSSR count). The third kappa shape index (κ3) is 7.29. The first-order valence-electron chi connectivity index (χ1n) is 12.5. The summed E-state index contributed by atoms with van der Waals surface area (Å²) in [6.45, 7) is 3.06. The van der Waals surface area contributed by atoms with Crippen LogP contribution in [-0.2, 0) is 32.6 Å². The smallest absolute Gasteiger partial charge is 0.233 e. The third-order valence-corrected chi connectivity index (χ3v) is 8.60. The van der Waals surface area contributed by atoms with Gasteiger partial charge < -0.3 is 4.74 Å². The van der Waals surface area contributed by atoms with E-state index in [-0.39, 0.29) is 18.3 Å². The number of carbonyl (C=O) groups excluding carboxylic acids is 1. The highest BCUT2D eigenvalue weighted by Gasteiger charge is 2.32. The zero-order valence-corrected chi connectivity index (χ0v) is 21.8. The molecule has 0 bridgehead atoms. The Bertz CT molecular complexity index is 1280. The molecular formula is C26H33N5O5S. The SMILES string of the molecule is Cc1cc(COC2CCN(S(=O)(=O)C[C@@H](CCCc3ncccn3)N(O)C=O)CC2)c2ccccc2n1. The zero-order valence-electron chi connectivity index (χ0n) is 20.9. The molecule has 37 heavy (non-hydrogen) atoms. The Hall–Kier alpha value is -2.99. The van der Waals surface area contributed by atoms with E-state index in [4.69, 9.17) is 4.74 Å². The fraction of sp³-hybridized carbons (Fsp3) is 0.462. The molecule has 0 saturated carbocycles. The first kappa shape index (κ1) is 27.1. The molecule has 1 fully saturated rings. The van der Waals surface area contributed by atoms with Gasteiger partial charge in [0.1, 0.15) is 5.82 Å².